The highest BCUT2D eigenvalue weighted by Gasteiger charge is 2.02. The Balaban J connectivity index is 2.51. The van der Waals surface area contributed by atoms with Crippen LogP contribution < -0.4 is 15.8 Å². The third-order valence-corrected chi connectivity index (χ3v) is 2.68. The number of nitrogens with two attached hydrogens (primary N) is 1. The minimum atomic E-state index is -0.241. The molecule has 102 valence electrons. The Labute approximate surface area is 109 Å². The van der Waals surface area contributed by atoms with E-state index in [4.69, 9.17) is 10.5 Å². The van der Waals surface area contributed by atoms with E-state index in [0.29, 0.717) is 12.3 Å². The zero-order valence-corrected chi connectivity index (χ0v) is 11.3. The lowest BCUT2D eigenvalue weighted by molar-refractivity contribution is 0.164. The van der Waals surface area contributed by atoms with Crippen LogP contribution in [0.25, 0.3) is 0 Å². The van der Waals surface area contributed by atoms with Gasteiger partial charge in [-0.1, -0.05) is 13.8 Å². The van der Waals surface area contributed by atoms with Gasteiger partial charge in [0.2, 0.25) is 0 Å². The molecule has 0 aliphatic rings. The van der Waals surface area contributed by atoms with Gasteiger partial charge in [0.15, 0.2) is 0 Å². The van der Waals surface area contributed by atoms with Crippen LogP contribution in [-0.2, 0) is 0 Å². The van der Waals surface area contributed by atoms with E-state index in [1.54, 1.807) is 0 Å². The van der Waals surface area contributed by atoms with Crippen molar-refractivity contribution in [2.45, 2.75) is 39.2 Å². The van der Waals surface area contributed by atoms with Gasteiger partial charge in [-0.3, -0.25) is 0 Å². The fourth-order valence-electron chi connectivity index (χ4n) is 1.61. The molecule has 0 saturated carbocycles. The van der Waals surface area contributed by atoms with E-state index in [9.17, 15) is 5.11 Å². The number of ether oxygens (including phenoxy) is 1. The number of aliphatic hydroxyl groups is 1. The summed E-state index contributed by atoms with van der Waals surface area (Å²) in [6.45, 7) is 5.46. The van der Waals surface area contributed by atoms with Gasteiger partial charge < -0.3 is 20.9 Å². The van der Waals surface area contributed by atoms with Gasteiger partial charge in [-0.05, 0) is 25.3 Å². The van der Waals surface area contributed by atoms with Gasteiger partial charge in [-0.15, -0.1) is 0 Å². The Morgan fingerprint density at radius 2 is 2.11 bits per heavy atom. The Kier molecular flexibility index (Phi) is 6.36. The Morgan fingerprint density at radius 3 is 2.78 bits per heavy atom. The van der Waals surface area contributed by atoms with Crippen molar-refractivity contribution in [1.82, 2.24) is 0 Å². The van der Waals surface area contributed by atoms with Gasteiger partial charge in [-0.25, -0.2) is 0 Å². The summed E-state index contributed by atoms with van der Waals surface area (Å²) >= 11 is 0. The van der Waals surface area contributed by atoms with Crippen LogP contribution in [0.4, 0.5) is 11.4 Å². The van der Waals surface area contributed by atoms with Crippen LogP contribution in [0.3, 0.4) is 0 Å². The molecule has 0 heterocycles. The molecule has 0 saturated heterocycles. The first-order chi connectivity index (χ1) is 8.65. The SMILES string of the molecule is CCCOc1cc(N)cc(NCCC(O)CC)c1. The van der Waals surface area contributed by atoms with Crippen molar-refractivity contribution in [2.75, 3.05) is 24.2 Å². The molecular formula is C14H24N2O2. The first-order valence-electron chi connectivity index (χ1n) is 6.61. The normalized spacial score (nSPS) is 12.2. The van der Waals surface area contributed by atoms with E-state index in [0.717, 1.165) is 37.2 Å². The first-order valence-corrected chi connectivity index (χ1v) is 6.61. The number of benzene rings is 1. The number of rotatable bonds is 8. The second kappa shape index (κ2) is 7.82. The fraction of sp³-hybridized carbons (Fsp3) is 0.571. The van der Waals surface area contributed by atoms with Crippen molar-refractivity contribution >= 4 is 11.4 Å². The summed E-state index contributed by atoms with van der Waals surface area (Å²) in [5.74, 6) is 0.787. The van der Waals surface area contributed by atoms with Crippen LogP contribution in [0.2, 0.25) is 0 Å². The molecule has 0 aliphatic heterocycles. The smallest absolute Gasteiger partial charge is 0.123 e. The predicted molar refractivity (Wildman–Crippen MR) is 76.0 cm³/mol. The van der Waals surface area contributed by atoms with Gasteiger partial charge in [0.05, 0.1) is 12.7 Å². The number of anilines is 2. The Bertz CT molecular complexity index is 356. The van der Waals surface area contributed by atoms with E-state index >= 15 is 0 Å². The molecule has 0 bridgehead atoms. The molecule has 1 aromatic carbocycles. The van der Waals surface area contributed by atoms with Gasteiger partial charge in [0.1, 0.15) is 5.75 Å². The molecular weight excluding hydrogens is 228 g/mol. The highest BCUT2D eigenvalue weighted by Crippen LogP contribution is 2.22. The first kappa shape index (κ1) is 14.6. The summed E-state index contributed by atoms with van der Waals surface area (Å²) < 4.78 is 5.56. The van der Waals surface area contributed by atoms with E-state index < -0.39 is 0 Å². The molecule has 4 heteroatoms. The quantitative estimate of drug-likeness (QED) is 0.622. The van der Waals surface area contributed by atoms with Crippen LogP contribution in [0.1, 0.15) is 33.1 Å². The lowest BCUT2D eigenvalue weighted by Crippen LogP contribution is -2.12. The highest BCUT2D eigenvalue weighted by molar-refractivity contribution is 5.59. The zero-order valence-electron chi connectivity index (χ0n) is 11.3. The largest absolute Gasteiger partial charge is 0.493 e. The summed E-state index contributed by atoms with van der Waals surface area (Å²) in [5, 5.41) is 12.7. The maximum Gasteiger partial charge on any atom is 0.123 e. The van der Waals surface area contributed by atoms with Crippen LogP contribution in [0, 0.1) is 0 Å². The second-order valence-corrected chi connectivity index (χ2v) is 4.42. The minimum Gasteiger partial charge on any atom is -0.493 e. The Hall–Kier alpha value is -1.42. The molecule has 0 spiro atoms. The van der Waals surface area contributed by atoms with E-state index in [-0.39, 0.29) is 6.10 Å². The third-order valence-electron chi connectivity index (χ3n) is 2.68. The average molecular weight is 252 g/mol. The van der Waals surface area contributed by atoms with Gasteiger partial charge in [-0.2, -0.15) is 0 Å². The van der Waals surface area contributed by atoms with E-state index in [1.807, 2.05) is 25.1 Å². The molecule has 1 unspecified atom stereocenters. The lowest BCUT2D eigenvalue weighted by atomic mass is 10.2. The van der Waals surface area contributed by atoms with Crippen LogP contribution in [0.5, 0.6) is 5.75 Å². The van der Waals surface area contributed by atoms with Crippen LogP contribution in [0.15, 0.2) is 18.2 Å². The van der Waals surface area contributed by atoms with Crippen molar-refractivity contribution in [1.29, 1.82) is 0 Å². The maximum atomic E-state index is 9.47. The molecule has 1 rings (SSSR count). The van der Waals surface area contributed by atoms with Gasteiger partial charge in [0, 0.05) is 30.1 Å². The van der Waals surface area contributed by atoms with Gasteiger partial charge in [0.25, 0.3) is 0 Å². The lowest BCUT2D eigenvalue weighted by Gasteiger charge is -2.12. The van der Waals surface area contributed by atoms with E-state index in [2.05, 4.69) is 12.2 Å². The van der Waals surface area contributed by atoms with Crippen molar-refractivity contribution in [2.24, 2.45) is 0 Å². The highest BCUT2D eigenvalue weighted by atomic mass is 16.5. The predicted octanol–water partition coefficient (Wildman–Crippen LogP) is 2.63. The van der Waals surface area contributed by atoms with Crippen molar-refractivity contribution < 1.29 is 9.84 Å². The van der Waals surface area contributed by atoms with Crippen molar-refractivity contribution in [3.63, 3.8) is 0 Å². The number of aliphatic hydroxyl groups excluding tert-OH is 1. The molecule has 4 N–H and O–H groups in total. The topological polar surface area (TPSA) is 67.5 Å². The maximum absolute atomic E-state index is 9.47. The molecule has 18 heavy (non-hydrogen) atoms. The molecule has 4 nitrogen and oxygen atoms in total. The monoisotopic (exact) mass is 252 g/mol. The number of nitrogens with one attached hydrogen (secondary N) is 1. The number of hydrogen-bond donors (Lipinski definition) is 3. The minimum absolute atomic E-state index is 0.241. The van der Waals surface area contributed by atoms with Crippen LogP contribution in [-0.4, -0.2) is 24.4 Å². The molecule has 1 atom stereocenters. The molecule has 0 fully saturated rings. The van der Waals surface area contributed by atoms with E-state index in [1.165, 1.54) is 0 Å². The van der Waals surface area contributed by atoms with Crippen molar-refractivity contribution in [3.05, 3.63) is 18.2 Å². The summed E-state index contributed by atoms with van der Waals surface area (Å²) in [6, 6.07) is 5.63. The summed E-state index contributed by atoms with van der Waals surface area (Å²) in [4.78, 5) is 0. The zero-order chi connectivity index (χ0) is 13.4. The molecule has 0 aromatic heterocycles. The van der Waals surface area contributed by atoms with Crippen molar-refractivity contribution in [3.8, 4) is 5.75 Å². The molecule has 0 aliphatic carbocycles. The summed E-state index contributed by atoms with van der Waals surface area (Å²) in [6.07, 6.45) is 2.24. The fourth-order valence-corrected chi connectivity index (χ4v) is 1.61. The number of hydrogen-bond acceptors (Lipinski definition) is 4. The second-order valence-electron chi connectivity index (χ2n) is 4.42. The molecule has 0 radical (unpaired) electrons. The summed E-state index contributed by atoms with van der Waals surface area (Å²) in [5.41, 5.74) is 7.44. The average Bonchev–Trinajstić information content (AvgIpc) is 2.35. The molecule has 0 amide bonds. The molecule has 1 aromatic rings. The number of nitrogen functional groups attached to an aromatic ring is 1. The Morgan fingerprint density at radius 1 is 1.33 bits per heavy atom. The van der Waals surface area contributed by atoms with Crippen LogP contribution >= 0.6 is 0 Å². The van der Waals surface area contributed by atoms with Gasteiger partial charge >= 0.3 is 0 Å². The third kappa shape index (κ3) is 5.27. The standard InChI is InChI=1S/C14H24N2O2/c1-3-7-18-14-9-11(15)8-12(10-14)16-6-5-13(17)4-2/h8-10,13,16-17H,3-7,15H2,1-2H3. The summed E-state index contributed by atoms with van der Waals surface area (Å²) in [7, 11) is 0.